The molecule has 148 valence electrons. The summed E-state index contributed by atoms with van der Waals surface area (Å²) in [5, 5.41) is 12.1. The number of hydrogen-bond donors (Lipinski definition) is 0. The van der Waals surface area contributed by atoms with Crippen molar-refractivity contribution >= 4 is 34.9 Å². The number of unbranched alkanes of at least 4 members (excludes halogenated alkanes) is 1. The largest absolute Gasteiger partial charge is 1.00 e. The van der Waals surface area contributed by atoms with Crippen molar-refractivity contribution < 1.29 is 28.8 Å². The van der Waals surface area contributed by atoms with Gasteiger partial charge in [0.1, 0.15) is 11.5 Å². The Balaban J connectivity index is 0.00000320. The standard InChI is InChI=1S/C22H19Cl2N3O2.Li/c1-3-4-5-19-26-21(24)20(22(28)29)27(19)13-14-6-8-15(9-7-14)17-12-16(23)10-11-18(17)25-2;/h6-12H,3-5,13H2,1H3,(H,28,29);/q;+1/p-1. The third-order valence-electron chi connectivity index (χ3n) is 4.64. The Morgan fingerprint density at radius 2 is 1.90 bits per heavy atom. The molecule has 0 atom stereocenters. The van der Waals surface area contributed by atoms with Crippen LogP contribution < -0.4 is 24.0 Å². The SMILES string of the molecule is [C-]#[N+]c1ccc(Cl)cc1-c1ccc(Cn2c(CCCC)nc(Cl)c2C(=O)[O-])cc1.[Li+]. The Morgan fingerprint density at radius 1 is 1.20 bits per heavy atom. The van der Waals surface area contributed by atoms with E-state index in [1.54, 1.807) is 22.8 Å². The van der Waals surface area contributed by atoms with Crippen LogP contribution in [0.1, 0.15) is 41.6 Å². The summed E-state index contributed by atoms with van der Waals surface area (Å²) >= 11 is 12.1. The maximum Gasteiger partial charge on any atom is 1.00 e. The Morgan fingerprint density at radius 3 is 2.50 bits per heavy atom. The predicted molar refractivity (Wildman–Crippen MR) is 112 cm³/mol. The van der Waals surface area contributed by atoms with Crippen molar-refractivity contribution in [3.63, 3.8) is 0 Å². The molecule has 3 rings (SSSR count). The van der Waals surface area contributed by atoms with Gasteiger partial charge in [0.05, 0.1) is 12.5 Å². The molecule has 0 aliphatic rings. The Labute approximate surface area is 197 Å². The molecule has 3 aromatic rings. The normalized spacial score (nSPS) is 10.3. The molecule has 0 fully saturated rings. The third kappa shape index (κ3) is 5.28. The van der Waals surface area contributed by atoms with Crippen LogP contribution in [0.2, 0.25) is 10.2 Å². The van der Waals surface area contributed by atoms with E-state index in [1.807, 2.05) is 24.3 Å². The number of aryl methyl sites for hydroxylation is 1. The fraction of sp³-hybridized carbons (Fsp3) is 0.227. The van der Waals surface area contributed by atoms with Crippen molar-refractivity contribution in [2.75, 3.05) is 0 Å². The molecule has 5 nitrogen and oxygen atoms in total. The molecule has 0 bridgehead atoms. The fourth-order valence-electron chi connectivity index (χ4n) is 3.17. The second-order valence-corrected chi connectivity index (χ2v) is 7.41. The van der Waals surface area contributed by atoms with Crippen LogP contribution >= 0.6 is 23.2 Å². The molecule has 0 unspecified atom stereocenters. The summed E-state index contributed by atoms with van der Waals surface area (Å²) in [6.07, 6.45) is 2.48. The zero-order valence-corrected chi connectivity index (χ0v) is 18.3. The van der Waals surface area contributed by atoms with Gasteiger partial charge in [-0.05, 0) is 29.2 Å². The molecule has 0 amide bonds. The Bertz CT molecular complexity index is 1090. The second kappa shape index (κ2) is 10.7. The van der Waals surface area contributed by atoms with Gasteiger partial charge in [-0.3, -0.25) is 0 Å². The van der Waals surface area contributed by atoms with Crippen molar-refractivity contribution in [1.29, 1.82) is 0 Å². The van der Waals surface area contributed by atoms with Gasteiger partial charge in [-0.2, -0.15) is 0 Å². The summed E-state index contributed by atoms with van der Waals surface area (Å²) in [7, 11) is 0. The molecular weight excluding hydrogens is 416 g/mol. The predicted octanol–water partition coefficient (Wildman–Crippen LogP) is 2.17. The number of imidazole rings is 1. The number of aromatic nitrogens is 2. The van der Waals surface area contributed by atoms with Crippen LogP contribution in [-0.4, -0.2) is 15.5 Å². The molecule has 0 spiro atoms. The Kier molecular flexibility index (Phi) is 8.59. The number of carboxylic acids is 1. The van der Waals surface area contributed by atoms with E-state index >= 15 is 0 Å². The van der Waals surface area contributed by atoms with E-state index in [4.69, 9.17) is 29.8 Å². The number of benzene rings is 2. The van der Waals surface area contributed by atoms with E-state index in [-0.39, 0.29) is 29.7 Å². The van der Waals surface area contributed by atoms with Crippen LogP contribution in [-0.2, 0) is 13.0 Å². The first kappa shape index (κ1) is 24.1. The van der Waals surface area contributed by atoms with Gasteiger partial charge in [-0.1, -0.05) is 72.9 Å². The van der Waals surface area contributed by atoms with E-state index in [1.165, 1.54) is 0 Å². The molecular formula is C22H18Cl2LiN3O2. The molecule has 0 aliphatic carbocycles. The number of rotatable bonds is 7. The number of hydrogen-bond acceptors (Lipinski definition) is 3. The quantitative estimate of drug-likeness (QED) is 0.423. The molecule has 0 radical (unpaired) electrons. The molecule has 0 saturated heterocycles. The Hall–Kier alpha value is -2.21. The van der Waals surface area contributed by atoms with Crippen molar-refractivity contribution in [3.05, 3.63) is 81.1 Å². The first-order chi connectivity index (χ1) is 13.9. The molecule has 8 heteroatoms. The topological polar surface area (TPSA) is 62.3 Å². The van der Waals surface area contributed by atoms with E-state index in [9.17, 15) is 9.90 Å². The number of halogens is 2. The minimum atomic E-state index is -1.34. The van der Waals surface area contributed by atoms with Crippen LogP contribution in [0.5, 0.6) is 0 Å². The number of carbonyl (C=O) groups is 1. The maximum absolute atomic E-state index is 11.6. The average molecular weight is 434 g/mol. The molecule has 1 heterocycles. The van der Waals surface area contributed by atoms with Gasteiger partial charge in [0.25, 0.3) is 0 Å². The maximum atomic E-state index is 11.6. The average Bonchev–Trinajstić information content (AvgIpc) is 3.02. The van der Waals surface area contributed by atoms with Crippen molar-refractivity contribution in [1.82, 2.24) is 9.55 Å². The zero-order valence-electron chi connectivity index (χ0n) is 16.8. The number of nitrogens with zero attached hydrogens (tertiary/aromatic N) is 3. The molecule has 0 N–H and O–H groups in total. The summed E-state index contributed by atoms with van der Waals surface area (Å²) in [6, 6.07) is 12.7. The van der Waals surface area contributed by atoms with Crippen molar-refractivity contribution in [2.45, 2.75) is 32.7 Å². The summed E-state index contributed by atoms with van der Waals surface area (Å²) in [5.74, 6) is -0.715. The monoisotopic (exact) mass is 433 g/mol. The molecule has 0 saturated carbocycles. The molecule has 1 aromatic heterocycles. The molecule has 0 aliphatic heterocycles. The first-order valence-electron chi connectivity index (χ1n) is 9.17. The summed E-state index contributed by atoms with van der Waals surface area (Å²) in [5.41, 5.74) is 2.91. The van der Waals surface area contributed by atoms with E-state index < -0.39 is 5.97 Å². The van der Waals surface area contributed by atoms with E-state index in [2.05, 4.69) is 16.8 Å². The van der Waals surface area contributed by atoms with Crippen molar-refractivity contribution in [3.8, 4) is 11.1 Å². The van der Waals surface area contributed by atoms with Crippen LogP contribution in [0.15, 0.2) is 42.5 Å². The van der Waals surface area contributed by atoms with Gasteiger partial charge in [-0.25, -0.2) is 9.83 Å². The molecule has 30 heavy (non-hydrogen) atoms. The zero-order chi connectivity index (χ0) is 21.0. The summed E-state index contributed by atoms with van der Waals surface area (Å²) < 4.78 is 1.60. The second-order valence-electron chi connectivity index (χ2n) is 6.61. The van der Waals surface area contributed by atoms with E-state index in [0.717, 1.165) is 29.5 Å². The fourth-order valence-corrected chi connectivity index (χ4v) is 3.62. The van der Waals surface area contributed by atoms with Gasteiger partial charge in [-0.15, -0.1) is 0 Å². The van der Waals surface area contributed by atoms with Gasteiger partial charge < -0.3 is 14.5 Å². The number of carbonyl (C=O) groups excluding carboxylic acids is 1. The van der Waals surface area contributed by atoms with Gasteiger partial charge in [0, 0.05) is 18.0 Å². The summed E-state index contributed by atoms with van der Waals surface area (Å²) in [6.45, 7) is 9.71. The minimum absolute atomic E-state index is 0. The molecule has 2 aromatic carbocycles. The van der Waals surface area contributed by atoms with Gasteiger partial charge >= 0.3 is 18.9 Å². The number of carboxylic acid groups (broad SMARTS) is 1. The summed E-state index contributed by atoms with van der Waals surface area (Å²) in [4.78, 5) is 19.3. The van der Waals surface area contributed by atoms with E-state index in [0.29, 0.717) is 29.5 Å². The van der Waals surface area contributed by atoms with Gasteiger partial charge in [0.2, 0.25) is 0 Å². The van der Waals surface area contributed by atoms with Crippen LogP contribution in [0.4, 0.5) is 5.69 Å². The minimum Gasteiger partial charge on any atom is -0.543 e. The van der Waals surface area contributed by atoms with Crippen LogP contribution in [0.25, 0.3) is 16.0 Å². The van der Waals surface area contributed by atoms with Gasteiger partial charge in [0.15, 0.2) is 10.8 Å². The first-order valence-corrected chi connectivity index (χ1v) is 9.92. The van der Waals surface area contributed by atoms with Crippen LogP contribution in [0, 0.1) is 6.57 Å². The van der Waals surface area contributed by atoms with Crippen LogP contribution in [0.3, 0.4) is 0 Å². The van der Waals surface area contributed by atoms with Crippen molar-refractivity contribution in [2.24, 2.45) is 0 Å². The number of aromatic carboxylic acids is 1. The third-order valence-corrected chi connectivity index (χ3v) is 5.13. The smallest absolute Gasteiger partial charge is 0.543 e.